The molecule has 0 amide bonds. The molecule has 174 valence electrons. The van der Waals surface area contributed by atoms with Gasteiger partial charge >= 0.3 is 0 Å². The second kappa shape index (κ2) is 9.94. The van der Waals surface area contributed by atoms with Crippen LogP contribution < -0.4 is 21.0 Å². The lowest BCUT2D eigenvalue weighted by Gasteiger charge is -2.32. The number of para-hydroxylation sites is 4. The molecular weight excluding hydrogens is 428 g/mol. The number of guanidine groups is 1. The van der Waals surface area contributed by atoms with Crippen molar-refractivity contribution < 1.29 is 10.4 Å². The van der Waals surface area contributed by atoms with Crippen LogP contribution in [0, 0.1) is 0 Å². The van der Waals surface area contributed by atoms with Crippen LogP contribution in [0.2, 0.25) is 0 Å². The fourth-order valence-corrected chi connectivity index (χ4v) is 4.26. The van der Waals surface area contributed by atoms with Gasteiger partial charge < -0.3 is 5.32 Å². The Kier molecular flexibility index (Phi) is 6.42. The quantitative estimate of drug-likeness (QED) is 0.210. The van der Waals surface area contributed by atoms with Crippen LogP contribution in [0.5, 0.6) is 0 Å². The van der Waals surface area contributed by atoms with Crippen molar-refractivity contribution in [2.24, 2.45) is 4.99 Å². The Morgan fingerprint density at radius 3 is 2.12 bits per heavy atom. The van der Waals surface area contributed by atoms with Crippen molar-refractivity contribution >= 4 is 44.8 Å². The third kappa shape index (κ3) is 4.46. The van der Waals surface area contributed by atoms with Gasteiger partial charge in [0.05, 0.1) is 16.7 Å². The van der Waals surface area contributed by atoms with Crippen molar-refractivity contribution in [3.05, 3.63) is 72.8 Å². The summed E-state index contributed by atoms with van der Waals surface area (Å²) in [6, 6.07) is 23.5. The van der Waals surface area contributed by atoms with E-state index in [0.29, 0.717) is 17.9 Å². The van der Waals surface area contributed by atoms with E-state index >= 15 is 0 Å². The van der Waals surface area contributed by atoms with Crippen LogP contribution in [0.3, 0.4) is 0 Å². The summed E-state index contributed by atoms with van der Waals surface area (Å²) in [4.78, 5) is 9.18. The molecule has 2 heterocycles. The maximum atomic E-state index is 10.4. The van der Waals surface area contributed by atoms with E-state index in [1.165, 1.54) is 0 Å². The van der Waals surface area contributed by atoms with E-state index in [9.17, 15) is 10.4 Å². The standard InChI is InChI=1S/C26H28N6O2/c33-31-23-15-7-8-16-24(23)32(34)30-26(31)28-18-10-2-1-9-17-27-25-19-11-3-5-13-21(19)29-22-14-6-4-12-20(22)25/h3-8,11-16,33-34H,1-2,9-10,17-18H2,(H,27,29)(H,28,30). The number of nitrogens with zero attached hydrogens (tertiary/aromatic N) is 4. The Hall–Kier alpha value is -3.88. The summed E-state index contributed by atoms with van der Waals surface area (Å²) >= 11 is 0. The van der Waals surface area contributed by atoms with Crippen LogP contribution in [-0.2, 0) is 0 Å². The van der Waals surface area contributed by atoms with Gasteiger partial charge in [0, 0.05) is 23.9 Å². The molecule has 4 N–H and O–H groups in total. The molecule has 0 radical (unpaired) electrons. The predicted molar refractivity (Wildman–Crippen MR) is 137 cm³/mol. The third-order valence-electron chi connectivity index (χ3n) is 5.98. The maximum Gasteiger partial charge on any atom is 0.244 e. The second-order valence-electron chi connectivity index (χ2n) is 8.29. The van der Waals surface area contributed by atoms with E-state index in [4.69, 9.17) is 4.98 Å². The zero-order chi connectivity index (χ0) is 23.3. The number of hydrogen-bond donors (Lipinski definition) is 4. The SMILES string of the molecule is ON1NC(=NCCCCCCNc2c3ccccc3nc3ccccc23)N(O)c2ccccc21. The van der Waals surface area contributed by atoms with Crippen LogP contribution in [0.4, 0.5) is 17.1 Å². The Morgan fingerprint density at radius 1 is 0.765 bits per heavy atom. The number of hydrazine groups is 1. The van der Waals surface area contributed by atoms with Crippen LogP contribution in [0.1, 0.15) is 25.7 Å². The molecule has 8 nitrogen and oxygen atoms in total. The number of unbranched alkanes of at least 4 members (excludes halogenated alkanes) is 3. The van der Waals surface area contributed by atoms with Crippen molar-refractivity contribution in [2.45, 2.75) is 25.7 Å². The number of hydroxylamine groups is 1. The lowest BCUT2D eigenvalue weighted by Crippen LogP contribution is -2.52. The number of benzene rings is 3. The largest absolute Gasteiger partial charge is 0.384 e. The van der Waals surface area contributed by atoms with E-state index in [2.05, 4.69) is 52.1 Å². The molecule has 5 rings (SSSR count). The summed E-state index contributed by atoms with van der Waals surface area (Å²) in [6.07, 6.45) is 4.04. The number of anilines is 3. The minimum Gasteiger partial charge on any atom is -0.384 e. The molecule has 1 aromatic heterocycles. The molecule has 0 saturated carbocycles. The van der Waals surface area contributed by atoms with Crippen LogP contribution >= 0.6 is 0 Å². The third-order valence-corrected chi connectivity index (χ3v) is 5.98. The number of aromatic nitrogens is 1. The molecule has 0 atom stereocenters. The number of pyridine rings is 1. The highest BCUT2D eigenvalue weighted by Gasteiger charge is 2.25. The lowest BCUT2D eigenvalue weighted by molar-refractivity contribution is 0.216. The summed E-state index contributed by atoms with van der Waals surface area (Å²) < 4.78 is 0. The first-order chi connectivity index (χ1) is 16.7. The fourth-order valence-electron chi connectivity index (χ4n) is 4.26. The Morgan fingerprint density at radius 2 is 1.38 bits per heavy atom. The smallest absolute Gasteiger partial charge is 0.244 e. The van der Waals surface area contributed by atoms with Crippen LogP contribution in [-0.4, -0.2) is 34.4 Å². The molecule has 4 aromatic rings. The number of aliphatic imine (C=N–C) groups is 1. The van der Waals surface area contributed by atoms with Gasteiger partial charge in [0.15, 0.2) is 0 Å². The highest BCUT2D eigenvalue weighted by atomic mass is 16.6. The first-order valence-corrected chi connectivity index (χ1v) is 11.6. The van der Waals surface area contributed by atoms with Crippen molar-refractivity contribution in [3.63, 3.8) is 0 Å². The molecule has 0 saturated heterocycles. The molecular formula is C26H28N6O2. The van der Waals surface area contributed by atoms with E-state index in [1.54, 1.807) is 24.3 Å². The Balaban J connectivity index is 1.11. The highest BCUT2D eigenvalue weighted by Crippen LogP contribution is 2.31. The summed E-state index contributed by atoms with van der Waals surface area (Å²) in [6.45, 7) is 1.44. The van der Waals surface area contributed by atoms with Gasteiger partial charge in [-0.25, -0.2) is 15.4 Å². The average molecular weight is 457 g/mol. The minimum absolute atomic E-state index is 0.208. The second-order valence-corrected chi connectivity index (χ2v) is 8.29. The normalized spacial score (nSPS) is 14.5. The molecule has 1 aliphatic rings. The van der Waals surface area contributed by atoms with Gasteiger partial charge in [0.25, 0.3) is 0 Å². The molecule has 0 unspecified atom stereocenters. The zero-order valence-electron chi connectivity index (χ0n) is 18.9. The molecule has 0 bridgehead atoms. The van der Waals surface area contributed by atoms with Crippen molar-refractivity contribution in [3.8, 4) is 0 Å². The van der Waals surface area contributed by atoms with Gasteiger partial charge in [0.2, 0.25) is 5.96 Å². The molecule has 3 aromatic carbocycles. The van der Waals surface area contributed by atoms with Gasteiger partial charge in [-0.05, 0) is 37.1 Å². The first-order valence-electron chi connectivity index (χ1n) is 11.6. The summed E-state index contributed by atoms with van der Waals surface area (Å²) in [5.74, 6) is 0.208. The molecule has 1 aliphatic heterocycles. The topological polar surface area (TPSA) is 96.2 Å². The van der Waals surface area contributed by atoms with Gasteiger partial charge in [-0.3, -0.25) is 10.4 Å². The van der Waals surface area contributed by atoms with Crippen LogP contribution in [0.15, 0.2) is 77.8 Å². The van der Waals surface area contributed by atoms with E-state index in [0.717, 1.165) is 70.0 Å². The lowest BCUT2D eigenvalue weighted by atomic mass is 10.1. The maximum absolute atomic E-state index is 10.4. The van der Waals surface area contributed by atoms with E-state index in [-0.39, 0.29) is 5.96 Å². The Bertz CT molecular complexity index is 1270. The van der Waals surface area contributed by atoms with Gasteiger partial charge in [0.1, 0.15) is 11.4 Å². The van der Waals surface area contributed by atoms with E-state index in [1.807, 2.05) is 12.1 Å². The number of rotatable bonds is 8. The Labute approximate surface area is 198 Å². The number of nitrogens with one attached hydrogen (secondary N) is 2. The van der Waals surface area contributed by atoms with Crippen molar-refractivity contribution in [1.29, 1.82) is 0 Å². The van der Waals surface area contributed by atoms with E-state index < -0.39 is 0 Å². The molecule has 0 spiro atoms. The molecule has 8 heteroatoms. The van der Waals surface area contributed by atoms with Gasteiger partial charge in [-0.2, -0.15) is 10.2 Å². The molecule has 0 fully saturated rings. The molecule has 0 aliphatic carbocycles. The number of fused-ring (bicyclic) bond motifs is 3. The number of hydrogen-bond acceptors (Lipinski definition) is 6. The van der Waals surface area contributed by atoms with Gasteiger partial charge in [-0.1, -0.05) is 61.4 Å². The van der Waals surface area contributed by atoms with Crippen molar-refractivity contribution in [1.82, 2.24) is 10.4 Å². The van der Waals surface area contributed by atoms with Crippen molar-refractivity contribution in [2.75, 3.05) is 28.6 Å². The van der Waals surface area contributed by atoms with Gasteiger partial charge in [-0.15, -0.1) is 0 Å². The summed E-state index contributed by atoms with van der Waals surface area (Å²) in [5.41, 5.74) is 6.77. The van der Waals surface area contributed by atoms with Crippen LogP contribution in [0.25, 0.3) is 21.8 Å². The summed E-state index contributed by atoms with van der Waals surface area (Å²) in [5, 5.41) is 28.2. The molecule has 34 heavy (non-hydrogen) atoms. The monoisotopic (exact) mass is 456 g/mol. The highest BCUT2D eigenvalue weighted by molar-refractivity contribution is 6.07. The fraction of sp³-hybridized carbons (Fsp3) is 0.231. The minimum atomic E-state index is 0.208. The first kappa shape index (κ1) is 21.9. The summed E-state index contributed by atoms with van der Waals surface area (Å²) in [7, 11) is 0. The average Bonchev–Trinajstić information content (AvgIpc) is 2.87. The predicted octanol–water partition coefficient (Wildman–Crippen LogP) is 5.33. The zero-order valence-corrected chi connectivity index (χ0v) is 18.9.